The van der Waals surface area contributed by atoms with Gasteiger partial charge in [-0.15, -0.1) is 0 Å². The molecule has 0 saturated heterocycles. The summed E-state index contributed by atoms with van der Waals surface area (Å²) in [6.07, 6.45) is 0. The van der Waals surface area contributed by atoms with E-state index in [2.05, 4.69) is 141 Å². The summed E-state index contributed by atoms with van der Waals surface area (Å²) in [6.45, 7) is 11.9. The summed E-state index contributed by atoms with van der Waals surface area (Å²) in [5.41, 5.74) is 16.4. The zero-order valence-corrected chi connectivity index (χ0v) is 23.7. The first-order valence-corrected chi connectivity index (χ1v) is 14.5. The van der Waals surface area contributed by atoms with E-state index in [0.29, 0.717) is 0 Å². The topological polar surface area (TPSA) is 8.17 Å². The Kier molecular flexibility index (Phi) is 4.00. The molecule has 0 spiro atoms. The molecule has 0 fully saturated rings. The van der Waals surface area contributed by atoms with E-state index in [1.807, 2.05) is 0 Å². The van der Waals surface area contributed by atoms with Crippen LogP contribution in [0.2, 0.25) is 0 Å². The maximum absolute atomic E-state index is 2.68. The lowest BCUT2D eigenvalue weighted by molar-refractivity contribution is 0.590. The van der Waals surface area contributed by atoms with Crippen molar-refractivity contribution in [2.24, 2.45) is 0 Å². The summed E-state index contributed by atoms with van der Waals surface area (Å²) in [6, 6.07) is 37.0. The van der Waals surface area contributed by atoms with Crippen molar-refractivity contribution in [1.29, 1.82) is 0 Å². The van der Waals surface area contributed by atoms with Gasteiger partial charge in [-0.25, -0.2) is 0 Å². The molecule has 1 aromatic heterocycles. The zero-order chi connectivity index (χ0) is 27.1. The maximum atomic E-state index is 2.68. The fourth-order valence-corrected chi connectivity index (χ4v) is 7.98. The van der Waals surface area contributed by atoms with E-state index in [1.165, 1.54) is 77.6 Å². The van der Waals surface area contributed by atoms with Crippen molar-refractivity contribution in [3.05, 3.63) is 114 Å². The number of benzene rings is 5. The smallest absolute Gasteiger partial charge is 0.333 e. The zero-order valence-electron chi connectivity index (χ0n) is 23.7. The Morgan fingerprint density at radius 1 is 0.675 bits per heavy atom. The molecule has 9 rings (SSSR count). The molecule has 0 unspecified atom stereocenters. The Morgan fingerprint density at radius 2 is 1.40 bits per heavy atom. The van der Waals surface area contributed by atoms with Gasteiger partial charge in [0.15, 0.2) is 0 Å². The maximum Gasteiger partial charge on any atom is 0.333 e. The van der Waals surface area contributed by atoms with E-state index in [0.717, 1.165) is 0 Å². The van der Waals surface area contributed by atoms with Crippen LogP contribution in [0.3, 0.4) is 0 Å². The quantitative estimate of drug-likeness (QED) is 0.187. The van der Waals surface area contributed by atoms with Gasteiger partial charge in [-0.2, -0.15) is 0 Å². The van der Waals surface area contributed by atoms with Gasteiger partial charge in [0.05, 0.1) is 11.0 Å². The molecule has 0 aliphatic carbocycles. The molecule has 0 bridgehead atoms. The van der Waals surface area contributed by atoms with Crippen molar-refractivity contribution in [3.63, 3.8) is 0 Å². The van der Waals surface area contributed by atoms with Crippen LogP contribution in [0.5, 0.6) is 0 Å². The first kappa shape index (κ1) is 22.6. The molecule has 0 atom stereocenters. The van der Waals surface area contributed by atoms with Crippen molar-refractivity contribution >= 4 is 51.0 Å². The van der Waals surface area contributed by atoms with E-state index in [4.69, 9.17) is 0 Å². The summed E-state index contributed by atoms with van der Waals surface area (Å²) in [7, 11) is 0. The summed E-state index contributed by atoms with van der Waals surface area (Å²) < 4.78 is 2.57. The molecule has 192 valence electrons. The minimum Gasteiger partial charge on any atom is -0.376 e. The van der Waals surface area contributed by atoms with Crippen LogP contribution in [0.25, 0.3) is 38.6 Å². The number of rotatable bonds is 0. The fourth-order valence-electron chi connectivity index (χ4n) is 7.98. The van der Waals surface area contributed by atoms with E-state index in [9.17, 15) is 0 Å². The van der Waals surface area contributed by atoms with Gasteiger partial charge >= 0.3 is 6.85 Å². The third kappa shape index (κ3) is 2.53. The monoisotopic (exact) mass is 514 g/mol. The van der Waals surface area contributed by atoms with Gasteiger partial charge in [0.1, 0.15) is 0 Å². The van der Waals surface area contributed by atoms with Crippen molar-refractivity contribution in [3.8, 4) is 16.8 Å². The molecule has 3 aliphatic heterocycles. The Bertz CT molecular complexity index is 2090. The summed E-state index contributed by atoms with van der Waals surface area (Å²) in [5.74, 6) is 0. The van der Waals surface area contributed by atoms with E-state index in [-0.39, 0.29) is 17.7 Å². The van der Waals surface area contributed by atoms with Gasteiger partial charge in [0.2, 0.25) is 0 Å². The Morgan fingerprint density at radius 3 is 2.25 bits per heavy atom. The predicted molar refractivity (Wildman–Crippen MR) is 171 cm³/mol. The number of hydrogen-bond donors (Lipinski definition) is 0. The van der Waals surface area contributed by atoms with E-state index in [1.54, 1.807) is 0 Å². The molecular weight excluding hydrogens is 483 g/mol. The standard InChI is InChI=1S/C37H31BN2/c1-36(2,3)22-20-26-25-13-10-16-28-34(25)40(31-19-9-7-15-27(31)37(28,4)5)38-29-17-11-14-24-23-12-6-8-18-30(23)39(35(24)29)32(21-22)33(26)38/h6-21H,1-5H3. The van der Waals surface area contributed by atoms with Gasteiger partial charge in [0.25, 0.3) is 0 Å². The minimum absolute atomic E-state index is 0.0257. The first-order valence-electron chi connectivity index (χ1n) is 14.5. The fraction of sp³-hybridized carbons (Fsp3) is 0.189. The van der Waals surface area contributed by atoms with Crippen LogP contribution >= 0.6 is 0 Å². The van der Waals surface area contributed by atoms with Gasteiger partial charge in [-0.3, -0.25) is 0 Å². The number of anilines is 2. The predicted octanol–water partition coefficient (Wildman–Crippen LogP) is 7.96. The Labute approximate surface area is 236 Å². The largest absolute Gasteiger partial charge is 0.376 e. The lowest BCUT2D eigenvalue weighted by Gasteiger charge is -2.50. The average Bonchev–Trinajstić information content (AvgIpc) is 3.29. The summed E-state index contributed by atoms with van der Waals surface area (Å²) in [4.78, 5) is 2.68. The van der Waals surface area contributed by atoms with Crippen molar-refractivity contribution < 1.29 is 0 Å². The van der Waals surface area contributed by atoms with Crippen molar-refractivity contribution in [2.75, 3.05) is 4.81 Å². The highest BCUT2D eigenvalue weighted by Crippen LogP contribution is 2.55. The van der Waals surface area contributed by atoms with Gasteiger partial charge in [0, 0.05) is 38.8 Å². The van der Waals surface area contributed by atoms with Crippen LogP contribution in [0.1, 0.15) is 51.3 Å². The van der Waals surface area contributed by atoms with Crippen LogP contribution in [-0.4, -0.2) is 11.4 Å². The molecule has 6 aromatic rings. The van der Waals surface area contributed by atoms with Gasteiger partial charge in [-0.05, 0) is 56.8 Å². The SMILES string of the molecule is CC(C)(C)c1cc2c3c(c1)-n1c4ccccc4c4cccc(c41)B3N1c3ccccc3C(C)(C)c3cccc-2c31. The third-order valence-corrected chi connectivity index (χ3v) is 9.89. The lowest BCUT2D eigenvalue weighted by Crippen LogP contribution is -2.62. The molecule has 40 heavy (non-hydrogen) atoms. The second-order valence-electron chi connectivity index (χ2n) is 13.4. The Balaban J connectivity index is 1.53. The van der Waals surface area contributed by atoms with Crippen LogP contribution in [0.15, 0.2) is 97.1 Å². The highest BCUT2D eigenvalue weighted by atomic mass is 15.1. The molecule has 3 heteroatoms. The number of nitrogens with zero attached hydrogens (tertiary/aromatic N) is 2. The third-order valence-electron chi connectivity index (χ3n) is 9.89. The van der Waals surface area contributed by atoms with Crippen molar-refractivity contribution in [1.82, 2.24) is 4.57 Å². The lowest BCUT2D eigenvalue weighted by atomic mass is 9.43. The molecule has 4 heterocycles. The van der Waals surface area contributed by atoms with E-state index >= 15 is 0 Å². The number of hydrogen-bond acceptors (Lipinski definition) is 1. The summed E-state index contributed by atoms with van der Waals surface area (Å²) >= 11 is 0. The highest BCUT2D eigenvalue weighted by Gasteiger charge is 2.49. The van der Waals surface area contributed by atoms with Crippen molar-refractivity contribution in [2.45, 2.75) is 45.4 Å². The Hall–Kier alpha value is -4.24. The normalized spacial score (nSPS) is 15.7. The number of fused-ring (bicyclic) bond motifs is 9. The molecule has 0 radical (unpaired) electrons. The molecule has 2 nitrogen and oxygen atoms in total. The molecule has 0 amide bonds. The molecule has 3 aliphatic rings. The minimum atomic E-state index is -0.0873. The second-order valence-corrected chi connectivity index (χ2v) is 13.4. The number of aromatic nitrogens is 1. The van der Waals surface area contributed by atoms with Crippen LogP contribution < -0.4 is 15.7 Å². The van der Waals surface area contributed by atoms with Gasteiger partial charge < -0.3 is 9.38 Å². The van der Waals surface area contributed by atoms with Gasteiger partial charge in [-0.1, -0.05) is 113 Å². The van der Waals surface area contributed by atoms with Crippen LogP contribution in [-0.2, 0) is 10.8 Å². The van der Waals surface area contributed by atoms with E-state index < -0.39 is 0 Å². The van der Waals surface area contributed by atoms with Crippen LogP contribution in [0.4, 0.5) is 11.4 Å². The highest BCUT2D eigenvalue weighted by molar-refractivity contribution is 6.93. The molecule has 0 N–H and O–H groups in total. The average molecular weight is 514 g/mol. The molecular formula is C37H31BN2. The second kappa shape index (κ2) is 7.09. The molecule has 5 aromatic carbocycles. The number of para-hydroxylation sites is 4. The first-order chi connectivity index (χ1) is 19.3. The molecule has 0 saturated carbocycles. The van der Waals surface area contributed by atoms with Crippen LogP contribution in [0, 0.1) is 0 Å². The summed E-state index contributed by atoms with van der Waals surface area (Å²) in [5, 5.41) is 2.66.